The third kappa shape index (κ3) is 3.70. The van der Waals surface area contributed by atoms with Crippen LogP contribution in [0.3, 0.4) is 0 Å². The molecular weight excluding hydrogens is 392 g/mol. The first-order chi connectivity index (χ1) is 15.0. The number of tetrazole rings is 1. The second-order valence-corrected chi connectivity index (χ2v) is 7.93. The molecule has 0 aliphatic heterocycles. The van der Waals surface area contributed by atoms with Crippen molar-refractivity contribution in [3.8, 4) is 17.1 Å². The number of benzene rings is 2. The van der Waals surface area contributed by atoms with Crippen LogP contribution < -0.4 is 5.32 Å². The average molecular weight is 414 g/mol. The van der Waals surface area contributed by atoms with Crippen molar-refractivity contribution in [2.45, 2.75) is 39.7 Å². The van der Waals surface area contributed by atoms with Crippen molar-refractivity contribution in [3.63, 3.8) is 0 Å². The number of rotatable bonds is 5. The van der Waals surface area contributed by atoms with Gasteiger partial charge in [-0.2, -0.15) is 9.90 Å². The smallest absolute Gasteiger partial charge is 0.278 e. The topological polar surface area (TPSA) is 103 Å². The second kappa shape index (κ2) is 7.42. The number of amides is 1. The van der Waals surface area contributed by atoms with E-state index in [4.69, 9.17) is 0 Å². The molecule has 1 aliphatic carbocycles. The van der Waals surface area contributed by atoms with Gasteiger partial charge in [-0.25, -0.2) is 4.68 Å². The number of anilines is 1. The fourth-order valence-corrected chi connectivity index (χ4v) is 3.60. The van der Waals surface area contributed by atoms with Crippen molar-refractivity contribution in [2.75, 3.05) is 5.32 Å². The Morgan fingerprint density at radius 1 is 1.06 bits per heavy atom. The molecule has 2 aromatic heterocycles. The van der Waals surface area contributed by atoms with Crippen LogP contribution in [-0.2, 0) is 0 Å². The Bertz CT molecular complexity index is 1280. The van der Waals surface area contributed by atoms with Gasteiger partial charge in [0.15, 0.2) is 11.5 Å². The highest BCUT2D eigenvalue weighted by Crippen LogP contribution is 2.36. The maximum Gasteiger partial charge on any atom is 0.278 e. The molecule has 5 rings (SSSR count). The number of carbonyl (C=O) groups is 1. The van der Waals surface area contributed by atoms with Gasteiger partial charge >= 0.3 is 0 Å². The van der Waals surface area contributed by atoms with Gasteiger partial charge in [-0.3, -0.25) is 4.79 Å². The molecule has 9 nitrogen and oxygen atoms in total. The number of hydrogen-bond acceptors (Lipinski definition) is 6. The maximum absolute atomic E-state index is 12.9. The fraction of sp³-hybridized carbons (Fsp3) is 0.273. The predicted octanol–water partition coefficient (Wildman–Crippen LogP) is 3.43. The van der Waals surface area contributed by atoms with E-state index in [1.54, 1.807) is 6.92 Å². The molecule has 4 aromatic rings. The van der Waals surface area contributed by atoms with Gasteiger partial charge in [-0.05, 0) is 67.8 Å². The number of aromatic nitrogens is 7. The van der Waals surface area contributed by atoms with Crippen LogP contribution in [0.25, 0.3) is 17.1 Å². The highest BCUT2D eigenvalue weighted by atomic mass is 16.2. The van der Waals surface area contributed by atoms with Gasteiger partial charge in [0, 0.05) is 11.3 Å². The number of carbonyl (C=O) groups excluding carboxylic acids is 1. The summed E-state index contributed by atoms with van der Waals surface area (Å²) >= 11 is 0. The lowest BCUT2D eigenvalue weighted by molar-refractivity contribution is 0.102. The largest absolute Gasteiger partial charge is 0.321 e. The molecule has 0 saturated heterocycles. The summed E-state index contributed by atoms with van der Waals surface area (Å²) in [6.45, 7) is 5.82. The van der Waals surface area contributed by atoms with Crippen LogP contribution in [0, 0.1) is 20.8 Å². The van der Waals surface area contributed by atoms with E-state index in [1.807, 2.05) is 54.9 Å². The van der Waals surface area contributed by atoms with Crippen molar-refractivity contribution in [3.05, 3.63) is 65.0 Å². The van der Waals surface area contributed by atoms with Gasteiger partial charge in [0.2, 0.25) is 0 Å². The molecule has 0 radical (unpaired) electrons. The zero-order chi connectivity index (χ0) is 21.5. The van der Waals surface area contributed by atoms with Gasteiger partial charge in [0.25, 0.3) is 5.91 Å². The Morgan fingerprint density at radius 2 is 1.90 bits per heavy atom. The van der Waals surface area contributed by atoms with Gasteiger partial charge in [0.1, 0.15) is 0 Å². The van der Waals surface area contributed by atoms with Crippen LogP contribution in [-0.4, -0.2) is 41.1 Å². The van der Waals surface area contributed by atoms with Gasteiger partial charge in [0.05, 0.1) is 17.4 Å². The van der Waals surface area contributed by atoms with E-state index in [9.17, 15) is 4.79 Å². The molecule has 31 heavy (non-hydrogen) atoms. The molecular formula is C22H22N8O. The van der Waals surface area contributed by atoms with Crippen LogP contribution in [0.15, 0.2) is 42.5 Å². The third-order valence-corrected chi connectivity index (χ3v) is 5.33. The summed E-state index contributed by atoms with van der Waals surface area (Å²) in [5, 5.41) is 23.9. The Hall–Kier alpha value is -3.88. The lowest BCUT2D eigenvalue weighted by Gasteiger charge is -2.07. The molecule has 1 N–H and O–H groups in total. The highest BCUT2D eigenvalue weighted by Gasteiger charge is 2.28. The normalized spacial score (nSPS) is 13.4. The number of nitrogens with zero attached hydrogens (tertiary/aromatic N) is 7. The molecule has 1 fully saturated rings. The van der Waals surface area contributed by atoms with Crippen LogP contribution >= 0.6 is 0 Å². The monoisotopic (exact) mass is 414 g/mol. The Morgan fingerprint density at radius 3 is 2.68 bits per heavy atom. The van der Waals surface area contributed by atoms with Crippen LogP contribution in [0.2, 0.25) is 0 Å². The Kier molecular flexibility index (Phi) is 4.58. The molecule has 0 unspecified atom stereocenters. The van der Waals surface area contributed by atoms with Crippen LogP contribution in [0.1, 0.15) is 46.2 Å². The summed E-state index contributed by atoms with van der Waals surface area (Å²) in [6, 6.07) is 13.9. The molecule has 1 saturated carbocycles. The van der Waals surface area contributed by atoms with E-state index < -0.39 is 0 Å². The zero-order valence-electron chi connectivity index (χ0n) is 17.6. The molecule has 2 heterocycles. The summed E-state index contributed by atoms with van der Waals surface area (Å²) in [7, 11) is 0. The SMILES string of the molecule is Cc1ccc(-n2nc(C)c(C(=O)Nc3cccc(-c4nnnn4C4CC4)c3)n2)c(C)c1. The molecule has 0 spiro atoms. The molecule has 2 aromatic carbocycles. The van der Waals surface area contributed by atoms with E-state index in [0.29, 0.717) is 23.2 Å². The minimum atomic E-state index is -0.313. The Labute approximate surface area is 179 Å². The van der Waals surface area contributed by atoms with E-state index in [2.05, 4.69) is 37.1 Å². The first kappa shape index (κ1) is 19.1. The molecule has 1 aliphatic rings. The van der Waals surface area contributed by atoms with Crippen molar-refractivity contribution in [2.24, 2.45) is 0 Å². The number of aryl methyl sites for hydroxylation is 3. The van der Waals surface area contributed by atoms with E-state index in [0.717, 1.165) is 35.2 Å². The first-order valence-corrected chi connectivity index (χ1v) is 10.2. The minimum absolute atomic E-state index is 0.285. The number of nitrogens with one attached hydrogen (secondary N) is 1. The average Bonchev–Trinajstić information content (AvgIpc) is 3.33. The van der Waals surface area contributed by atoms with Gasteiger partial charge in [-0.1, -0.05) is 29.8 Å². The van der Waals surface area contributed by atoms with Crippen molar-refractivity contribution in [1.29, 1.82) is 0 Å². The summed E-state index contributed by atoms with van der Waals surface area (Å²) < 4.78 is 1.85. The molecule has 156 valence electrons. The standard InChI is InChI=1S/C22H22N8O/c1-13-7-10-19(14(2)11-13)30-25-15(3)20(26-30)22(31)23-17-6-4-5-16(12-17)21-24-27-28-29(21)18-8-9-18/h4-7,10-12,18H,8-9H2,1-3H3,(H,23,31). The molecule has 0 atom stereocenters. The van der Waals surface area contributed by atoms with Gasteiger partial charge < -0.3 is 5.32 Å². The quantitative estimate of drug-likeness (QED) is 0.537. The lowest BCUT2D eigenvalue weighted by Crippen LogP contribution is -2.14. The number of hydrogen-bond donors (Lipinski definition) is 1. The molecule has 9 heteroatoms. The van der Waals surface area contributed by atoms with Crippen molar-refractivity contribution < 1.29 is 4.79 Å². The van der Waals surface area contributed by atoms with Crippen molar-refractivity contribution in [1.82, 2.24) is 35.2 Å². The predicted molar refractivity (Wildman–Crippen MR) is 115 cm³/mol. The fourth-order valence-electron chi connectivity index (χ4n) is 3.60. The second-order valence-electron chi connectivity index (χ2n) is 7.93. The summed E-state index contributed by atoms with van der Waals surface area (Å²) in [5.41, 5.74) is 5.40. The van der Waals surface area contributed by atoms with Crippen LogP contribution in [0.4, 0.5) is 5.69 Å². The Balaban J connectivity index is 1.39. The molecule has 0 bridgehead atoms. The van der Waals surface area contributed by atoms with Crippen molar-refractivity contribution >= 4 is 11.6 Å². The first-order valence-electron chi connectivity index (χ1n) is 10.2. The van der Waals surface area contributed by atoms with Gasteiger partial charge in [-0.15, -0.1) is 10.2 Å². The van der Waals surface area contributed by atoms with E-state index >= 15 is 0 Å². The zero-order valence-corrected chi connectivity index (χ0v) is 17.6. The highest BCUT2D eigenvalue weighted by molar-refractivity contribution is 6.03. The third-order valence-electron chi connectivity index (χ3n) is 5.33. The van der Waals surface area contributed by atoms with E-state index in [1.165, 1.54) is 4.80 Å². The lowest BCUT2D eigenvalue weighted by atomic mass is 10.1. The molecule has 1 amide bonds. The summed E-state index contributed by atoms with van der Waals surface area (Å²) in [5.74, 6) is 0.392. The minimum Gasteiger partial charge on any atom is -0.321 e. The maximum atomic E-state index is 12.9. The summed E-state index contributed by atoms with van der Waals surface area (Å²) in [6.07, 6.45) is 2.17. The van der Waals surface area contributed by atoms with Crippen LogP contribution in [0.5, 0.6) is 0 Å². The van der Waals surface area contributed by atoms with E-state index in [-0.39, 0.29) is 11.6 Å². The summed E-state index contributed by atoms with van der Waals surface area (Å²) in [4.78, 5) is 14.4.